The highest BCUT2D eigenvalue weighted by Crippen LogP contribution is 2.37. The Balaban J connectivity index is 2.08. The average molecular weight is 291 g/mol. The molecule has 2 aromatic heterocycles. The molecule has 100 valence electrons. The summed E-state index contributed by atoms with van der Waals surface area (Å²) in [5.41, 5.74) is 2.73. The number of thiophene rings is 1. The smallest absolute Gasteiger partial charge is 0.195 e. The lowest BCUT2D eigenvalue weighted by Gasteiger charge is -2.18. The molecule has 1 aliphatic rings. The number of nitrogens with one attached hydrogen (secondary N) is 1. The van der Waals surface area contributed by atoms with Crippen molar-refractivity contribution in [2.75, 3.05) is 0 Å². The molecule has 0 aromatic carbocycles. The maximum Gasteiger partial charge on any atom is 0.195 e. The Labute approximate surface area is 122 Å². The fourth-order valence-electron chi connectivity index (χ4n) is 2.69. The van der Waals surface area contributed by atoms with Gasteiger partial charge in [-0.3, -0.25) is 9.67 Å². The number of hydrogen-bond acceptors (Lipinski definition) is 3. The molecule has 0 unspecified atom stereocenters. The van der Waals surface area contributed by atoms with Gasteiger partial charge in [0.05, 0.1) is 0 Å². The molecule has 19 heavy (non-hydrogen) atoms. The van der Waals surface area contributed by atoms with Crippen LogP contribution >= 0.6 is 23.6 Å². The minimum absolute atomic E-state index is 0.666. The van der Waals surface area contributed by atoms with E-state index in [1.165, 1.54) is 28.8 Å². The van der Waals surface area contributed by atoms with Crippen molar-refractivity contribution in [3.05, 3.63) is 33.2 Å². The van der Waals surface area contributed by atoms with Gasteiger partial charge in [0.15, 0.2) is 10.6 Å². The second-order valence-corrected chi connectivity index (χ2v) is 6.50. The molecule has 0 fully saturated rings. The van der Waals surface area contributed by atoms with Gasteiger partial charge in [0.1, 0.15) is 0 Å². The zero-order chi connectivity index (χ0) is 13.4. The van der Waals surface area contributed by atoms with Gasteiger partial charge in [-0.2, -0.15) is 5.10 Å². The van der Waals surface area contributed by atoms with Crippen LogP contribution in [0.15, 0.2) is 18.0 Å². The normalized spacial score (nSPS) is 18.3. The van der Waals surface area contributed by atoms with Crippen molar-refractivity contribution in [1.29, 1.82) is 0 Å². The van der Waals surface area contributed by atoms with E-state index in [1.54, 1.807) is 0 Å². The Bertz CT molecular complexity index is 663. The average Bonchev–Trinajstić information content (AvgIpc) is 2.94. The first kappa shape index (κ1) is 12.8. The van der Waals surface area contributed by atoms with E-state index in [0.29, 0.717) is 11.3 Å². The van der Waals surface area contributed by atoms with Crippen LogP contribution in [0.5, 0.6) is 0 Å². The molecule has 2 heterocycles. The first-order valence-corrected chi connectivity index (χ1v) is 7.85. The number of fused-ring (bicyclic) bond motifs is 1. The van der Waals surface area contributed by atoms with E-state index < -0.39 is 0 Å². The molecule has 0 aliphatic heterocycles. The predicted molar refractivity (Wildman–Crippen MR) is 82.1 cm³/mol. The van der Waals surface area contributed by atoms with Gasteiger partial charge >= 0.3 is 0 Å². The van der Waals surface area contributed by atoms with Gasteiger partial charge in [-0.15, -0.1) is 17.9 Å². The van der Waals surface area contributed by atoms with Crippen molar-refractivity contribution in [3.8, 4) is 11.4 Å². The van der Waals surface area contributed by atoms with Crippen LogP contribution in [0.3, 0.4) is 0 Å². The van der Waals surface area contributed by atoms with Crippen molar-refractivity contribution in [2.24, 2.45) is 5.92 Å². The Morgan fingerprint density at radius 2 is 2.53 bits per heavy atom. The molecular formula is C14H17N3S2. The largest absolute Gasteiger partial charge is 0.296 e. The predicted octanol–water partition coefficient (Wildman–Crippen LogP) is 3.98. The minimum Gasteiger partial charge on any atom is -0.296 e. The number of aromatic nitrogens is 3. The molecule has 0 spiro atoms. The molecule has 0 amide bonds. The highest BCUT2D eigenvalue weighted by molar-refractivity contribution is 7.71. The third kappa shape index (κ3) is 2.21. The Morgan fingerprint density at radius 3 is 3.32 bits per heavy atom. The maximum absolute atomic E-state index is 5.29. The van der Waals surface area contributed by atoms with Crippen LogP contribution in [-0.4, -0.2) is 14.8 Å². The van der Waals surface area contributed by atoms with E-state index in [1.807, 2.05) is 22.0 Å². The fraction of sp³-hybridized carbons (Fsp3) is 0.429. The third-order valence-corrected chi connectivity index (χ3v) is 5.08. The second kappa shape index (κ2) is 5.06. The van der Waals surface area contributed by atoms with Crippen LogP contribution in [-0.2, 0) is 19.4 Å². The lowest BCUT2D eigenvalue weighted by atomic mass is 9.88. The van der Waals surface area contributed by atoms with Gasteiger partial charge in [0, 0.05) is 22.4 Å². The molecule has 0 bridgehead atoms. The molecule has 0 saturated heterocycles. The summed E-state index contributed by atoms with van der Waals surface area (Å²) in [5.74, 6) is 1.75. The summed E-state index contributed by atoms with van der Waals surface area (Å²) < 4.78 is 2.68. The number of aromatic amines is 1. The van der Waals surface area contributed by atoms with Gasteiger partial charge in [-0.1, -0.05) is 13.0 Å². The molecular weight excluding hydrogens is 274 g/mol. The third-order valence-electron chi connectivity index (χ3n) is 3.71. The summed E-state index contributed by atoms with van der Waals surface area (Å²) in [6.07, 6.45) is 5.48. The Kier molecular flexibility index (Phi) is 3.41. The lowest BCUT2D eigenvalue weighted by molar-refractivity contribution is 0.508. The summed E-state index contributed by atoms with van der Waals surface area (Å²) in [6.45, 7) is 6.82. The summed E-state index contributed by atoms with van der Waals surface area (Å²) in [5, 5.41) is 9.54. The van der Waals surface area contributed by atoms with Gasteiger partial charge in [0.25, 0.3) is 0 Å². The van der Waals surface area contributed by atoms with Gasteiger partial charge < -0.3 is 0 Å². The van der Waals surface area contributed by atoms with Crippen molar-refractivity contribution < 1.29 is 0 Å². The van der Waals surface area contributed by atoms with E-state index in [0.717, 1.165) is 18.2 Å². The van der Waals surface area contributed by atoms with Gasteiger partial charge in [0.2, 0.25) is 0 Å². The van der Waals surface area contributed by atoms with E-state index >= 15 is 0 Å². The maximum atomic E-state index is 5.29. The molecule has 5 heteroatoms. The molecule has 1 atom stereocenters. The van der Waals surface area contributed by atoms with Crippen molar-refractivity contribution in [3.63, 3.8) is 0 Å². The standard InChI is InChI=1S/C14H17N3S2/c1-3-6-17-13(15-16-14(17)18)11-8-19-12-7-9(2)4-5-10(11)12/h3,8-9H,1,4-7H2,2H3,(H,16,18)/t9-/m0/s1. The minimum atomic E-state index is 0.666. The Morgan fingerprint density at radius 1 is 1.68 bits per heavy atom. The van der Waals surface area contributed by atoms with E-state index in [9.17, 15) is 0 Å². The topological polar surface area (TPSA) is 33.6 Å². The highest BCUT2D eigenvalue weighted by atomic mass is 32.1. The molecule has 2 aromatic rings. The van der Waals surface area contributed by atoms with Crippen LogP contribution in [0.1, 0.15) is 23.8 Å². The Hall–Kier alpha value is -1.20. The molecule has 3 nitrogen and oxygen atoms in total. The zero-order valence-corrected chi connectivity index (χ0v) is 12.6. The number of allylic oxidation sites excluding steroid dienone is 1. The molecule has 1 N–H and O–H groups in total. The van der Waals surface area contributed by atoms with Crippen LogP contribution in [0, 0.1) is 10.7 Å². The molecule has 0 radical (unpaired) electrons. The van der Waals surface area contributed by atoms with Crippen LogP contribution in [0.2, 0.25) is 0 Å². The summed E-state index contributed by atoms with van der Waals surface area (Å²) >= 11 is 7.15. The van der Waals surface area contributed by atoms with E-state index in [-0.39, 0.29) is 0 Å². The lowest BCUT2D eigenvalue weighted by Crippen LogP contribution is -2.10. The summed E-state index contributed by atoms with van der Waals surface area (Å²) in [6, 6.07) is 0. The SMILES string of the molecule is C=CCn1c(-c2csc3c2CC[C@H](C)C3)n[nH]c1=S. The first-order chi connectivity index (χ1) is 9.20. The fourth-order valence-corrected chi connectivity index (χ4v) is 4.14. The van der Waals surface area contributed by atoms with Crippen molar-refractivity contribution >= 4 is 23.6 Å². The quantitative estimate of drug-likeness (QED) is 0.685. The van der Waals surface area contributed by atoms with Crippen LogP contribution < -0.4 is 0 Å². The molecule has 0 saturated carbocycles. The zero-order valence-electron chi connectivity index (χ0n) is 11.0. The summed E-state index contributed by atoms with van der Waals surface area (Å²) in [7, 11) is 0. The van der Waals surface area contributed by atoms with Gasteiger partial charge in [-0.05, 0) is 43.0 Å². The number of hydrogen-bond donors (Lipinski definition) is 1. The second-order valence-electron chi connectivity index (χ2n) is 5.15. The summed E-state index contributed by atoms with van der Waals surface area (Å²) in [4.78, 5) is 1.52. The van der Waals surface area contributed by atoms with Crippen molar-refractivity contribution in [2.45, 2.75) is 32.7 Å². The van der Waals surface area contributed by atoms with E-state index in [2.05, 4.69) is 29.1 Å². The number of rotatable bonds is 3. The number of nitrogens with zero attached hydrogens (tertiary/aromatic N) is 2. The monoisotopic (exact) mass is 291 g/mol. The highest BCUT2D eigenvalue weighted by Gasteiger charge is 2.22. The first-order valence-electron chi connectivity index (χ1n) is 6.56. The number of H-pyrrole nitrogens is 1. The van der Waals surface area contributed by atoms with Crippen molar-refractivity contribution in [1.82, 2.24) is 14.8 Å². The molecule has 1 aliphatic carbocycles. The van der Waals surface area contributed by atoms with Gasteiger partial charge in [-0.25, -0.2) is 0 Å². The van der Waals surface area contributed by atoms with Crippen LogP contribution in [0.4, 0.5) is 0 Å². The van der Waals surface area contributed by atoms with E-state index in [4.69, 9.17) is 12.2 Å². The molecule has 3 rings (SSSR count). The van der Waals surface area contributed by atoms with Crippen LogP contribution in [0.25, 0.3) is 11.4 Å².